The number of nitrogens with zero attached hydrogens (tertiary/aromatic N) is 6. The molecule has 4 rings (SSSR count). The highest BCUT2D eigenvalue weighted by atomic mass is 32.2. The number of imidazole rings is 1. The zero-order chi connectivity index (χ0) is 22.0. The number of aliphatic hydroxyl groups is 1. The molecule has 0 bridgehead atoms. The molecule has 0 radical (unpaired) electrons. The van der Waals surface area contributed by atoms with Crippen LogP contribution < -0.4 is 0 Å². The van der Waals surface area contributed by atoms with E-state index in [1.54, 1.807) is 0 Å². The third-order valence-corrected chi connectivity index (χ3v) is 6.04. The van der Waals surface area contributed by atoms with Gasteiger partial charge in [0.15, 0.2) is 16.8 Å². The van der Waals surface area contributed by atoms with Crippen LogP contribution in [-0.4, -0.2) is 35.2 Å². The molecule has 0 aliphatic carbocycles. The molecule has 0 aliphatic rings. The van der Waals surface area contributed by atoms with E-state index in [-0.39, 0.29) is 17.1 Å². The molecule has 4 aromatic rings. The van der Waals surface area contributed by atoms with E-state index in [2.05, 4.69) is 27.3 Å². The van der Waals surface area contributed by atoms with Crippen LogP contribution in [0.25, 0.3) is 28.0 Å². The van der Waals surface area contributed by atoms with Gasteiger partial charge in [-0.1, -0.05) is 47.7 Å². The van der Waals surface area contributed by atoms with Crippen molar-refractivity contribution in [3.8, 4) is 17.5 Å². The van der Waals surface area contributed by atoms with Crippen LogP contribution in [0.2, 0.25) is 0 Å². The number of aromatic nitrogens is 5. The number of allylic oxidation sites excluding steroid dienone is 1. The summed E-state index contributed by atoms with van der Waals surface area (Å²) in [5.74, 6) is 1.39. The van der Waals surface area contributed by atoms with Gasteiger partial charge in [0.2, 0.25) is 0 Å². The van der Waals surface area contributed by atoms with Crippen LogP contribution in [0.4, 0.5) is 0 Å². The van der Waals surface area contributed by atoms with E-state index < -0.39 is 0 Å². The average molecular weight is 431 g/mol. The quantitative estimate of drug-likeness (QED) is 0.270. The van der Waals surface area contributed by atoms with Gasteiger partial charge in [0.25, 0.3) is 0 Å². The van der Waals surface area contributed by atoms with Crippen molar-refractivity contribution in [1.82, 2.24) is 24.3 Å². The van der Waals surface area contributed by atoms with Crippen LogP contribution in [0.3, 0.4) is 0 Å². The zero-order valence-electron chi connectivity index (χ0n) is 17.6. The van der Waals surface area contributed by atoms with E-state index in [1.807, 2.05) is 72.5 Å². The Morgan fingerprint density at radius 2 is 1.97 bits per heavy atom. The van der Waals surface area contributed by atoms with Gasteiger partial charge in [-0.3, -0.25) is 0 Å². The molecule has 2 aromatic carbocycles. The second kappa shape index (κ2) is 8.66. The van der Waals surface area contributed by atoms with Crippen LogP contribution in [0, 0.1) is 18.3 Å². The van der Waals surface area contributed by atoms with Gasteiger partial charge in [-0.05, 0) is 32.0 Å². The number of thioether (sulfide) groups is 1. The van der Waals surface area contributed by atoms with Gasteiger partial charge >= 0.3 is 0 Å². The fourth-order valence-electron chi connectivity index (χ4n) is 3.50. The number of benzene rings is 2. The molecule has 1 N–H and O–H groups in total. The Bertz CT molecular complexity index is 1330. The lowest BCUT2D eigenvalue weighted by atomic mass is 10.1. The number of para-hydroxylation sites is 2. The topological polar surface area (TPSA) is 92.6 Å². The third-order valence-electron chi connectivity index (χ3n) is 5.06. The van der Waals surface area contributed by atoms with Gasteiger partial charge in [0.1, 0.15) is 17.4 Å². The summed E-state index contributed by atoms with van der Waals surface area (Å²) in [6.45, 7) is 4.76. The molecule has 156 valence electrons. The summed E-state index contributed by atoms with van der Waals surface area (Å²) in [5, 5.41) is 29.8. The predicted octanol–water partition coefficient (Wildman–Crippen LogP) is 4.75. The summed E-state index contributed by atoms with van der Waals surface area (Å²) in [6, 6.07) is 17.9. The molecule has 0 unspecified atom stereocenters. The van der Waals surface area contributed by atoms with Gasteiger partial charge in [0, 0.05) is 19.2 Å². The summed E-state index contributed by atoms with van der Waals surface area (Å²) >= 11 is 1.34. The lowest BCUT2D eigenvalue weighted by molar-refractivity contribution is 0.420. The number of aliphatic hydroxyl groups excluding tert-OH is 1. The fraction of sp³-hybridized carbons (Fsp3) is 0.217. The Balaban J connectivity index is 1.63. The minimum atomic E-state index is -0.0336. The number of rotatable bonds is 6. The monoisotopic (exact) mass is 430 g/mol. The van der Waals surface area contributed by atoms with Crippen molar-refractivity contribution in [3.05, 3.63) is 65.7 Å². The Hall–Kier alpha value is -3.57. The first kappa shape index (κ1) is 20.7. The molecule has 2 heterocycles. The van der Waals surface area contributed by atoms with Crippen molar-refractivity contribution in [1.29, 1.82) is 5.26 Å². The number of hydrogen-bond acceptors (Lipinski definition) is 6. The van der Waals surface area contributed by atoms with Gasteiger partial charge in [-0.25, -0.2) is 4.98 Å². The lowest BCUT2D eigenvalue weighted by Crippen LogP contribution is -2.03. The van der Waals surface area contributed by atoms with E-state index in [0.29, 0.717) is 17.5 Å². The average Bonchev–Trinajstić information content (AvgIpc) is 3.34. The van der Waals surface area contributed by atoms with Crippen molar-refractivity contribution in [2.45, 2.75) is 25.5 Å². The Morgan fingerprint density at radius 1 is 1.16 bits per heavy atom. The molecule has 0 fully saturated rings. The highest BCUT2D eigenvalue weighted by Crippen LogP contribution is 2.28. The first-order chi connectivity index (χ1) is 15.0. The van der Waals surface area contributed by atoms with Gasteiger partial charge < -0.3 is 14.2 Å². The normalized spacial score (nSPS) is 12.1. The van der Waals surface area contributed by atoms with Crippen LogP contribution in [-0.2, 0) is 13.6 Å². The van der Waals surface area contributed by atoms with Crippen molar-refractivity contribution < 1.29 is 5.11 Å². The first-order valence-corrected chi connectivity index (χ1v) is 10.9. The third kappa shape index (κ3) is 3.92. The summed E-state index contributed by atoms with van der Waals surface area (Å²) in [4.78, 5) is 4.53. The standard InChI is InChI=1S/C23H22N6OS/c1-4-29-21(16-9-7-8-15(2)12-16)26-27-23(29)31-14-20(30)17(13-24)22-25-18-10-5-6-11-19(18)28(22)3/h5-12,30H,4,14H2,1-3H3/b20-17+. The molecule has 31 heavy (non-hydrogen) atoms. The van der Waals surface area contributed by atoms with E-state index in [0.717, 1.165) is 28.0 Å². The number of hydrogen-bond donors (Lipinski definition) is 1. The summed E-state index contributed by atoms with van der Waals surface area (Å²) in [6.07, 6.45) is 0. The maximum absolute atomic E-state index is 10.7. The molecule has 7 nitrogen and oxygen atoms in total. The van der Waals surface area contributed by atoms with E-state index in [4.69, 9.17) is 0 Å². The number of aryl methyl sites for hydroxylation is 2. The minimum Gasteiger partial charge on any atom is -0.510 e. The Morgan fingerprint density at radius 3 is 2.68 bits per heavy atom. The maximum Gasteiger partial charge on any atom is 0.191 e. The molecule has 0 saturated heterocycles. The Kier molecular flexibility index (Phi) is 5.78. The zero-order valence-corrected chi connectivity index (χ0v) is 18.4. The van der Waals surface area contributed by atoms with Crippen molar-refractivity contribution >= 4 is 28.4 Å². The SMILES string of the molecule is CCn1c(SC/C(O)=C(/C#N)c2nc3ccccc3n2C)nnc1-c1cccc(C)c1. The summed E-state index contributed by atoms with van der Waals surface area (Å²) in [7, 11) is 1.84. The van der Waals surface area contributed by atoms with Crippen molar-refractivity contribution in [2.75, 3.05) is 5.75 Å². The number of fused-ring (bicyclic) bond motifs is 1. The lowest BCUT2D eigenvalue weighted by Gasteiger charge is -2.08. The number of nitriles is 1. The van der Waals surface area contributed by atoms with Gasteiger partial charge in [-0.15, -0.1) is 10.2 Å². The predicted molar refractivity (Wildman–Crippen MR) is 122 cm³/mol. The first-order valence-electron chi connectivity index (χ1n) is 9.90. The van der Waals surface area contributed by atoms with Crippen molar-refractivity contribution in [3.63, 3.8) is 0 Å². The second-order valence-corrected chi connectivity index (χ2v) is 8.07. The fourth-order valence-corrected chi connectivity index (χ4v) is 4.38. The van der Waals surface area contributed by atoms with E-state index >= 15 is 0 Å². The summed E-state index contributed by atoms with van der Waals surface area (Å²) < 4.78 is 3.83. The second-order valence-electron chi connectivity index (χ2n) is 7.13. The highest BCUT2D eigenvalue weighted by Gasteiger charge is 2.18. The molecule has 0 aliphatic heterocycles. The molecule has 0 saturated carbocycles. The van der Waals surface area contributed by atoms with Gasteiger partial charge in [-0.2, -0.15) is 5.26 Å². The van der Waals surface area contributed by atoms with Crippen LogP contribution in [0.15, 0.2) is 59.4 Å². The minimum absolute atomic E-state index is 0.0336. The molecule has 8 heteroatoms. The molecule has 0 amide bonds. The maximum atomic E-state index is 10.7. The smallest absolute Gasteiger partial charge is 0.191 e. The summed E-state index contributed by atoms with van der Waals surface area (Å²) in [5.41, 5.74) is 3.99. The van der Waals surface area contributed by atoms with Crippen molar-refractivity contribution in [2.24, 2.45) is 7.05 Å². The highest BCUT2D eigenvalue weighted by molar-refractivity contribution is 7.99. The van der Waals surface area contributed by atoms with E-state index in [9.17, 15) is 10.4 Å². The molecule has 0 atom stereocenters. The van der Waals surface area contributed by atoms with Crippen LogP contribution >= 0.6 is 11.8 Å². The molecule has 0 spiro atoms. The molecule has 2 aromatic heterocycles. The molecular weight excluding hydrogens is 408 g/mol. The van der Waals surface area contributed by atoms with Crippen LogP contribution in [0.5, 0.6) is 0 Å². The Labute approximate surface area is 184 Å². The molecular formula is C23H22N6OS. The largest absolute Gasteiger partial charge is 0.510 e. The van der Waals surface area contributed by atoms with E-state index in [1.165, 1.54) is 11.8 Å². The van der Waals surface area contributed by atoms with Crippen LogP contribution in [0.1, 0.15) is 18.3 Å². The van der Waals surface area contributed by atoms with Gasteiger partial charge in [0.05, 0.1) is 16.8 Å².